The lowest BCUT2D eigenvalue weighted by Gasteiger charge is -2.27. The molecular weight excluding hydrogens is 1110 g/mol. The molecule has 0 spiro atoms. The molecule has 0 bridgehead atoms. The topological polar surface area (TPSA) is 169 Å². The number of alkyl carbamates (subject to hydrolysis) is 1. The minimum Gasteiger partial charge on any atom is -0.481 e. The smallest absolute Gasteiger partial charge is 0.426 e. The van der Waals surface area contributed by atoms with Crippen LogP contribution >= 0.6 is 35.1 Å². The van der Waals surface area contributed by atoms with E-state index in [0.717, 1.165) is 44.9 Å². The van der Waals surface area contributed by atoms with E-state index in [4.69, 9.17) is 20.3 Å². The van der Waals surface area contributed by atoms with Crippen molar-refractivity contribution >= 4 is 76.3 Å². The number of anilines is 2. The molecule has 21 heteroatoms. The van der Waals surface area contributed by atoms with E-state index >= 15 is 0 Å². The first-order valence-corrected chi connectivity index (χ1v) is 27.2. The van der Waals surface area contributed by atoms with E-state index in [0.29, 0.717) is 83.9 Å². The summed E-state index contributed by atoms with van der Waals surface area (Å²) < 4.78 is 93.1. The molecule has 12 nitrogen and oxygen atoms in total. The number of benzene rings is 4. The molecule has 6 aromatic rings. The minimum absolute atomic E-state index is 0. The number of carbonyl (C=O) groups is 5. The third-order valence-corrected chi connectivity index (χ3v) is 15.2. The highest BCUT2D eigenvalue weighted by Gasteiger charge is 2.39. The number of amides is 3. The number of ether oxygens (including phenoxy) is 2. The van der Waals surface area contributed by atoms with Gasteiger partial charge in [0.05, 0.1) is 18.9 Å². The normalized spacial score (nSPS) is 14.0. The van der Waals surface area contributed by atoms with Crippen molar-refractivity contribution in [2.75, 3.05) is 22.9 Å². The van der Waals surface area contributed by atoms with E-state index in [1.54, 1.807) is 126 Å². The van der Waals surface area contributed by atoms with E-state index < -0.39 is 81.7 Å². The van der Waals surface area contributed by atoms with Crippen molar-refractivity contribution in [1.82, 2.24) is 5.32 Å². The highest BCUT2D eigenvalue weighted by molar-refractivity contribution is 7.13. The molecule has 8 rings (SSSR count). The molecule has 0 saturated heterocycles. The number of fused-ring (bicyclic) bond motifs is 2. The number of aliphatic carboxylic acids is 1. The third-order valence-electron chi connectivity index (χ3n) is 12.7. The summed E-state index contributed by atoms with van der Waals surface area (Å²) >= 11 is 1.55. The molecule has 4 N–H and O–H groups in total. The number of esters is 1. The van der Waals surface area contributed by atoms with Crippen LogP contribution in [0.2, 0.25) is 0 Å². The maximum absolute atomic E-state index is 13.8. The highest BCUT2D eigenvalue weighted by Crippen LogP contribution is 2.45. The number of nitrogens with two attached hydrogens (primary N) is 1. The van der Waals surface area contributed by atoms with Gasteiger partial charge in [-0.3, -0.25) is 19.2 Å². The largest absolute Gasteiger partial charge is 0.481 e. The Morgan fingerprint density at radius 2 is 1.02 bits per heavy atom. The van der Waals surface area contributed by atoms with Crippen LogP contribution in [0.3, 0.4) is 0 Å². The minimum atomic E-state index is -4.45. The Bertz CT molecular complexity index is 3140. The van der Waals surface area contributed by atoms with E-state index in [2.05, 4.69) is 5.32 Å². The Morgan fingerprint density at radius 1 is 0.600 bits per heavy atom. The average molecular weight is 1170 g/mol. The number of aryl methyl sites for hydroxylation is 4. The van der Waals surface area contributed by atoms with Crippen molar-refractivity contribution in [2.45, 2.75) is 129 Å². The predicted octanol–water partition coefficient (Wildman–Crippen LogP) is 13.1. The lowest BCUT2D eigenvalue weighted by molar-refractivity contribution is -0.156. The lowest BCUT2D eigenvalue weighted by atomic mass is 10.0. The van der Waals surface area contributed by atoms with Crippen LogP contribution in [0.25, 0.3) is 22.3 Å². The van der Waals surface area contributed by atoms with Crippen LogP contribution in [0.1, 0.15) is 96.1 Å². The Morgan fingerprint density at radius 3 is 1.43 bits per heavy atom. The molecule has 2 atom stereocenters. The van der Waals surface area contributed by atoms with E-state index in [9.17, 15) is 50.3 Å². The maximum Gasteiger partial charge on any atom is 0.426 e. The van der Waals surface area contributed by atoms with Gasteiger partial charge >= 0.3 is 30.4 Å². The summed E-state index contributed by atoms with van der Waals surface area (Å²) in [6, 6.07) is 29.3. The highest BCUT2D eigenvalue weighted by atomic mass is 35.5. The van der Waals surface area contributed by atoms with Crippen LogP contribution in [0.4, 0.5) is 42.5 Å². The number of nitrogens with one attached hydrogen (secondary N) is 1. The molecule has 3 amide bonds. The Labute approximate surface area is 474 Å². The molecule has 80 heavy (non-hydrogen) atoms. The van der Waals surface area contributed by atoms with Crippen LogP contribution in [0, 0.1) is 0 Å². The van der Waals surface area contributed by atoms with Crippen molar-refractivity contribution in [1.29, 1.82) is 0 Å². The maximum atomic E-state index is 13.8. The third kappa shape index (κ3) is 16.7. The van der Waals surface area contributed by atoms with Crippen molar-refractivity contribution in [2.24, 2.45) is 5.73 Å². The summed E-state index contributed by atoms with van der Waals surface area (Å²) in [6.07, 6.45) is -7.35. The number of hydrogen-bond acceptors (Lipinski definition) is 10. The van der Waals surface area contributed by atoms with E-state index in [1.807, 2.05) is 24.3 Å². The number of halogens is 7. The second kappa shape index (κ2) is 25.8. The van der Waals surface area contributed by atoms with Gasteiger partial charge in [0.2, 0.25) is 11.8 Å². The number of rotatable bonds is 15. The number of carbonyl (C=O) groups excluding carboxylic acids is 4. The van der Waals surface area contributed by atoms with E-state index in [1.165, 1.54) is 9.80 Å². The average Bonchev–Trinajstić information content (AvgIpc) is 4.19. The monoisotopic (exact) mass is 1170 g/mol. The summed E-state index contributed by atoms with van der Waals surface area (Å²) in [7, 11) is 0. The molecule has 4 aromatic carbocycles. The summed E-state index contributed by atoms with van der Waals surface area (Å²) in [5.41, 5.74) is 10.7. The molecule has 0 fully saturated rings. The summed E-state index contributed by atoms with van der Waals surface area (Å²) in [6.45, 7) is 11.0. The Hall–Kier alpha value is -6.74. The summed E-state index contributed by atoms with van der Waals surface area (Å²) in [4.78, 5) is 65.4. The van der Waals surface area contributed by atoms with Crippen molar-refractivity contribution in [3.8, 4) is 22.3 Å². The fourth-order valence-electron chi connectivity index (χ4n) is 9.29. The van der Waals surface area contributed by atoms with Crippen LogP contribution in [0.5, 0.6) is 0 Å². The fraction of sp³-hybridized carbons (Fsp3) is 0.373. The number of alkyl halides is 6. The van der Waals surface area contributed by atoms with Gasteiger partial charge in [0, 0.05) is 45.3 Å². The van der Waals surface area contributed by atoms with Gasteiger partial charge in [-0.1, -0.05) is 84.9 Å². The van der Waals surface area contributed by atoms with Crippen molar-refractivity contribution in [3.05, 3.63) is 151 Å². The second-order valence-corrected chi connectivity index (χ2v) is 23.5. The molecule has 2 aromatic heterocycles. The predicted molar refractivity (Wildman–Crippen MR) is 300 cm³/mol. The molecule has 0 unspecified atom stereocenters. The number of hydrogen-bond donors (Lipinski definition) is 3. The van der Waals surface area contributed by atoms with Crippen LogP contribution in [-0.4, -0.2) is 71.3 Å². The quantitative estimate of drug-likeness (QED) is 0.0669. The van der Waals surface area contributed by atoms with Gasteiger partial charge in [-0.2, -0.15) is 26.3 Å². The zero-order chi connectivity index (χ0) is 57.6. The molecule has 428 valence electrons. The molecule has 0 saturated carbocycles. The van der Waals surface area contributed by atoms with Gasteiger partial charge in [0.1, 0.15) is 27.0 Å². The Balaban J connectivity index is 0.000000264. The fourth-order valence-corrected chi connectivity index (χ4v) is 11.4. The molecule has 2 aliphatic heterocycles. The van der Waals surface area contributed by atoms with Gasteiger partial charge in [0.15, 0.2) is 0 Å². The standard InChI is InChI=1S/C34H39F3N2O5S.C25H23F3N2O3S.ClH/c1-32(2,3)43-28(40)20-26(38-31(42)44-33(4,5)6)30(41)39-17-16-23-18-21(13-15-27(23)39)12-14-24-19-25(22-10-8-7-9-11-22)29(45-24)34(35,36)37;26-25(27,28)23-19(16-4-2-1-3-5-16)13-18(34-23)8-6-15-7-9-21-17(12-15)10-11-30(21)24(33)20(29)14-22(31)32;/h7-11,13,15,18-19,26H,12,14,16-17,20H2,1-6H3,(H,38,42);1-5,7,9,12-13,20H,6,8,10-11,14,29H2,(H,31,32);1H/t26-;20-;/m11./s1. The van der Waals surface area contributed by atoms with Crippen LogP contribution < -0.4 is 20.9 Å². The van der Waals surface area contributed by atoms with Gasteiger partial charge in [-0.15, -0.1) is 35.1 Å². The second-order valence-electron chi connectivity index (χ2n) is 21.2. The van der Waals surface area contributed by atoms with E-state index in [-0.39, 0.29) is 30.0 Å². The first-order chi connectivity index (χ1) is 37.0. The van der Waals surface area contributed by atoms with Gasteiger partial charge in [0.25, 0.3) is 0 Å². The summed E-state index contributed by atoms with van der Waals surface area (Å²) in [5.74, 6) is -2.66. The Kier molecular flexibility index (Phi) is 20.1. The van der Waals surface area contributed by atoms with Gasteiger partial charge in [-0.05, 0) is 138 Å². The zero-order valence-electron chi connectivity index (χ0n) is 44.9. The van der Waals surface area contributed by atoms with Crippen LogP contribution in [0.15, 0.2) is 109 Å². The number of carboxylic acid groups (broad SMARTS) is 1. The number of thiophene rings is 2. The lowest BCUT2D eigenvalue weighted by Crippen LogP contribution is -2.50. The molecular formula is C59H63ClF6N4O8S2. The number of carboxylic acids is 1. The van der Waals surface area contributed by atoms with Crippen molar-refractivity contribution < 1.29 is 64.9 Å². The van der Waals surface area contributed by atoms with Gasteiger partial charge in [-0.25, -0.2) is 4.79 Å². The van der Waals surface area contributed by atoms with Crippen LogP contribution in [-0.2, 0) is 79.5 Å². The molecule has 0 aliphatic carbocycles. The van der Waals surface area contributed by atoms with Crippen molar-refractivity contribution in [3.63, 3.8) is 0 Å². The SMILES string of the molecule is CC(C)(C)OC(=O)C[C@@H](NC(=O)OC(C)(C)C)C(=O)N1CCc2cc(CCc3cc(-c4ccccc4)c(C(F)(F)F)s3)ccc21.Cl.N[C@H](CC(=O)O)C(=O)N1CCc2cc(CCc3cc(-c4ccccc4)c(C(F)(F)F)s3)ccc21. The first-order valence-electron chi connectivity index (χ1n) is 25.6. The molecule has 4 heterocycles. The van der Waals surface area contributed by atoms with Gasteiger partial charge < -0.3 is 35.4 Å². The zero-order valence-corrected chi connectivity index (χ0v) is 47.3. The molecule has 0 radical (unpaired) electrons. The molecule has 2 aliphatic rings. The summed E-state index contributed by atoms with van der Waals surface area (Å²) in [5, 5.41) is 11.4. The first kappa shape index (κ1) is 62.5. The number of nitrogens with zero attached hydrogens (tertiary/aromatic N) is 2.